The van der Waals surface area contributed by atoms with Crippen molar-refractivity contribution >= 4 is 0 Å². The predicted octanol–water partition coefficient (Wildman–Crippen LogP) is 7.57. The Morgan fingerprint density at radius 1 is 0.808 bits per heavy atom. The molecule has 26 heavy (non-hydrogen) atoms. The lowest BCUT2D eigenvalue weighted by molar-refractivity contribution is 0.442. The summed E-state index contributed by atoms with van der Waals surface area (Å²) >= 11 is 0. The number of benzene rings is 2. The zero-order valence-electron chi connectivity index (χ0n) is 17.1. The van der Waals surface area contributed by atoms with Crippen molar-refractivity contribution in [3.63, 3.8) is 0 Å². The molecule has 142 valence electrons. The summed E-state index contributed by atoms with van der Waals surface area (Å²) in [7, 11) is 0. The van der Waals surface area contributed by atoms with E-state index in [-0.39, 0.29) is 5.41 Å². The molecule has 2 rings (SSSR count). The van der Waals surface area contributed by atoms with Crippen molar-refractivity contribution in [1.82, 2.24) is 0 Å². The van der Waals surface area contributed by atoms with Crippen LogP contribution in [0.25, 0.3) is 0 Å². The van der Waals surface area contributed by atoms with Crippen LogP contribution in [0.1, 0.15) is 95.2 Å². The highest BCUT2D eigenvalue weighted by atomic mass is 16.3. The number of phenols is 1. The van der Waals surface area contributed by atoms with Gasteiger partial charge in [-0.1, -0.05) is 102 Å². The van der Waals surface area contributed by atoms with Crippen LogP contribution >= 0.6 is 0 Å². The molecule has 1 nitrogen and oxygen atoms in total. The highest BCUT2D eigenvalue weighted by Crippen LogP contribution is 2.43. The van der Waals surface area contributed by atoms with Gasteiger partial charge in [-0.05, 0) is 36.0 Å². The number of unbranched alkanes of at least 4 members (excludes halogenated alkanes) is 3. The summed E-state index contributed by atoms with van der Waals surface area (Å²) in [6.07, 6.45) is 8.71. The molecule has 1 N–H and O–H groups in total. The molecule has 0 aliphatic rings. The molecule has 0 heterocycles. The SMILES string of the molecule is CCCCCC(CCCC)c1cccc(O)c1C(C)(C)c1ccccc1. The average molecular weight is 353 g/mol. The molecule has 0 amide bonds. The summed E-state index contributed by atoms with van der Waals surface area (Å²) in [5.74, 6) is 0.972. The highest BCUT2D eigenvalue weighted by Gasteiger charge is 2.30. The standard InChI is InChI=1S/C25H36O/c1-5-7-10-15-20(14-8-6-2)22-18-13-19-23(26)24(22)25(3,4)21-16-11-9-12-17-21/h9,11-13,16-20,26H,5-8,10,14-15H2,1-4H3. The molecule has 2 aromatic carbocycles. The van der Waals surface area contributed by atoms with E-state index in [4.69, 9.17) is 0 Å². The molecule has 0 radical (unpaired) electrons. The Bertz CT molecular complexity index is 657. The molecule has 0 aliphatic carbocycles. The molecule has 0 saturated heterocycles. The van der Waals surface area contributed by atoms with Crippen molar-refractivity contribution in [3.8, 4) is 5.75 Å². The minimum Gasteiger partial charge on any atom is -0.508 e. The largest absolute Gasteiger partial charge is 0.508 e. The number of hydrogen-bond donors (Lipinski definition) is 1. The zero-order chi connectivity index (χ0) is 19.0. The lowest BCUT2D eigenvalue weighted by atomic mass is 9.72. The van der Waals surface area contributed by atoms with Crippen LogP contribution in [-0.2, 0) is 5.41 Å². The summed E-state index contributed by atoms with van der Waals surface area (Å²) in [4.78, 5) is 0. The summed E-state index contributed by atoms with van der Waals surface area (Å²) in [5.41, 5.74) is 3.51. The third kappa shape index (κ3) is 4.90. The Morgan fingerprint density at radius 3 is 2.12 bits per heavy atom. The van der Waals surface area contributed by atoms with E-state index in [1.54, 1.807) is 0 Å². The smallest absolute Gasteiger partial charge is 0.119 e. The minimum atomic E-state index is -0.211. The van der Waals surface area contributed by atoms with Gasteiger partial charge in [-0.3, -0.25) is 0 Å². The molecular formula is C25H36O. The Hall–Kier alpha value is -1.76. The van der Waals surface area contributed by atoms with Gasteiger partial charge in [0.15, 0.2) is 0 Å². The van der Waals surface area contributed by atoms with E-state index in [1.165, 1.54) is 56.1 Å². The van der Waals surface area contributed by atoms with Crippen molar-refractivity contribution in [1.29, 1.82) is 0 Å². The van der Waals surface area contributed by atoms with Crippen molar-refractivity contribution in [2.75, 3.05) is 0 Å². The molecule has 0 bridgehead atoms. The number of phenolic OH excluding ortho intramolecular Hbond substituents is 1. The van der Waals surface area contributed by atoms with Gasteiger partial charge in [-0.15, -0.1) is 0 Å². The Kier molecular flexibility index (Phi) is 7.75. The van der Waals surface area contributed by atoms with Gasteiger partial charge in [0.25, 0.3) is 0 Å². The highest BCUT2D eigenvalue weighted by molar-refractivity contribution is 5.51. The van der Waals surface area contributed by atoms with E-state index >= 15 is 0 Å². The van der Waals surface area contributed by atoms with Gasteiger partial charge in [0.1, 0.15) is 5.75 Å². The van der Waals surface area contributed by atoms with E-state index in [0.717, 1.165) is 5.56 Å². The third-order valence-electron chi connectivity index (χ3n) is 5.70. The van der Waals surface area contributed by atoms with Crippen LogP contribution in [0.4, 0.5) is 0 Å². The first kappa shape index (κ1) is 20.6. The molecule has 1 unspecified atom stereocenters. The van der Waals surface area contributed by atoms with Gasteiger partial charge >= 0.3 is 0 Å². The maximum Gasteiger partial charge on any atom is 0.119 e. The average Bonchev–Trinajstić information content (AvgIpc) is 2.65. The van der Waals surface area contributed by atoms with Crippen LogP contribution < -0.4 is 0 Å². The van der Waals surface area contributed by atoms with E-state index in [0.29, 0.717) is 11.7 Å². The number of aromatic hydroxyl groups is 1. The summed E-state index contributed by atoms with van der Waals surface area (Å²) in [6.45, 7) is 9.01. The number of rotatable bonds is 10. The van der Waals surface area contributed by atoms with Gasteiger partial charge in [0.05, 0.1) is 0 Å². The van der Waals surface area contributed by atoms with Crippen molar-refractivity contribution in [2.45, 2.75) is 84.0 Å². The molecule has 1 heteroatoms. The molecule has 0 spiro atoms. The second-order valence-corrected chi connectivity index (χ2v) is 8.07. The Balaban J connectivity index is 2.46. The Labute approximate surface area is 160 Å². The monoisotopic (exact) mass is 352 g/mol. The van der Waals surface area contributed by atoms with Crippen LogP contribution in [0, 0.1) is 0 Å². The topological polar surface area (TPSA) is 20.2 Å². The predicted molar refractivity (Wildman–Crippen MR) is 113 cm³/mol. The van der Waals surface area contributed by atoms with E-state index in [2.05, 4.69) is 64.1 Å². The van der Waals surface area contributed by atoms with Crippen LogP contribution in [-0.4, -0.2) is 5.11 Å². The summed E-state index contributed by atoms with van der Waals surface area (Å²) in [5, 5.41) is 10.8. The Morgan fingerprint density at radius 2 is 1.46 bits per heavy atom. The molecular weight excluding hydrogens is 316 g/mol. The summed E-state index contributed by atoms with van der Waals surface area (Å²) in [6, 6.07) is 16.7. The fourth-order valence-electron chi connectivity index (χ4n) is 4.12. The molecule has 0 fully saturated rings. The first-order valence-electron chi connectivity index (χ1n) is 10.4. The maximum atomic E-state index is 10.8. The van der Waals surface area contributed by atoms with Gasteiger partial charge in [-0.2, -0.15) is 0 Å². The van der Waals surface area contributed by atoms with Crippen LogP contribution in [0.3, 0.4) is 0 Å². The normalized spacial score (nSPS) is 12.9. The van der Waals surface area contributed by atoms with Gasteiger partial charge in [0, 0.05) is 11.0 Å². The fraction of sp³-hybridized carbons (Fsp3) is 0.520. The fourth-order valence-corrected chi connectivity index (χ4v) is 4.12. The first-order chi connectivity index (χ1) is 12.5. The third-order valence-corrected chi connectivity index (χ3v) is 5.70. The molecule has 0 saturated carbocycles. The van der Waals surface area contributed by atoms with E-state index in [1.807, 2.05) is 12.1 Å². The molecule has 0 aromatic heterocycles. The lowest BCUT2D eigenvalue weighted by Crippen LogP contribution is -2.22. The van der Waals surface area contributed by atoms with Crippen LogP contribution in [0.2, 0.25) is 0 Å². The second kappa shape index (κ2) is 9.80. The zero-order valence-corrected chi connectivity index (χ0v) is 17.1. The van der Waals surface area contributed by atoms with Crippen molar-refractivity contribution in [3.05, 3.63) is 65.2 Å². The van der Waals surface area contributed by atoms with E-state index in [9.17, 15) is 5.11 Å². The van der Waals surface area contributed by atoms with Crippen LogP contribution in [0.15, 0.2) is 48.5 Å². The first-order valence-corrected chi connectivity index (χ1v) is 10.4. The maximum absolute atomic E-state index is 10.8. The van der Waals surface area contributed by atoms with Crippen molar-refractivity contribution < 1.29 is 5.11 Å². The summed E-state index contributed by atoms with van der Waals surface area (Å²) < 4.78 is 0. The van der Waals surface area contributed by atoms with Gasteiger partial charge < -0.3 is 5.11 Å². The lowest BCUT2D eigenvalue weighted by Gasteiger charge is -2.32. The second-order valence-electron chi connectivity index (χ2n) is 8.07. The van der Waals surface area contributed by atoms with Crippen LogP contribution in [0.5, 0.6) is 5.75 Å². The van der Waals surface area contributed by atoms with Crippen molar-refractivity contribution in [2.24, 2.45) is 0 Å². The molecule has 2 aromatic rings. The quantitative estimate of drug-likeness (QED) is 0.437. The van der Waals surface area contributed by atoms with E-state index < -0.39 is 0 Å². The number of hydrogen-bond acceptors (Lipinski definition) is 1. The van der Waals surface area contributed by atoms with Gasteiger partial charge in [-0.25, -0.2) is 0 Å². The van der Waals surface area contributed by atoms with Gasteiger partial charge in [0.2, 0.25) is 0 Å². The minimum absolute atomic E-state index is 0.211. The molecule has 0 aliphatic heterocycles. The molecule has 1 atom stereocenters.